The van der Waals surface area contributed by atoms with E-state index in [0.29, 0.717) is 11.5 Å². The lowest BCUT2D eigenvalue weighted by Gasteiger charge is -2.32. The Morgan fingerprint density at radius 2 is 1.78 bits per heavy atom. The first kappa shape index (κ1) is 11.8. The molecule has 2 nitrogen and oxygen atoms in total. The predicted molar refractivity (Wildman–Crippen MR) is 70.7 cm³/mol. The minimum atomic E-state index is -0.837. The molecule has 0 saturated heterocycles. The van der Waals surface area contributed by atoms with Crippen LogP contribution in [0.25, 0.3) is 0 Å². The van der Waals surface area contributed by atoms with Gasteiger partial charge in [-0.05, 0) is 60.1 Å². The summed E-state index contributed by atoms with van der Waals surface area (Å²) in [5.74, 6) is 3.19. The van der Waals surface area contributed by atoms with Gasteiger partial charge in [0.25, 0.3) is 0 Å². The molecule has 0 radical (unpaired) electrons. The maximum Gasteiger partial charge on any atom is 0.335 e. The van der Waals surface area contributed by atoms with Crippen LogP contribution in [0.4, 0.5) is 0 Å². The molecule has 0 aromatic heterocycles. The molecule has 2 saturated carbocycles. The van der Waals surface area contributed by atoms with Crippen molar-refractivity contribution >= 4 is 5.97 Å². The normalized spacial score (nSPS) is 38.0. The lowest BCUT2D eigenvalue weighted by molar-refractivity contribution is 0.0697. The quantitative estimate of drug-likeness (QED) is 0.859. The Bertz CT molecular complexity index is 460. The van der Waals surface area contributed by atoms with Crippen molar-refractivity contribution in [1.29, 1.82) is 0 Å². The fourth-order valence-corrected chi connectivity index (χ4v) is 4.20. The molecule has 96 valence electrons. The van der Waals surface area contributed by atoms with Crippen molar-refractivity contribution < 1.29 is 9.90 Å². The number of benzene rings is 1. The molecule has 0 heterocycles. The average molecular weight is 244 g/mol. The molecule has 2 heteroatoms. The first-order valence-corrected chi connectivity index (χ1v) is 6.91. The standard InChI is InChI=1S/C16H20O2/c1-9-10(2)14-7-13(9)8-15(14)11-3-5-12(6-4-11)16(17)18/h3-6,9-10,13-15H,7-8H2,1-2H3,(H,17,18). The van der Waals surface area contributed by atoms with Crippen molar-refractivity contribution in [2.75, 3.05) is 0 Å². The van der Waals surface area contributed by atoms with E-state index in [1.165, 1.54) is 18.4 Å². The minimum Gasteiger partial charge on any atom is -0.478 e. The van der Waals surface area contributed by atoms with Gasteiger partial charge in [0.1, 0.15) is 0 Å². The summed E-state index contributed by atoms with van der Waals surface area (Å²) in [5, 5.41) is 8.92. The van der Waals surface area contributed by atoms with Crippen LogP contribution < -0.4 is 0 Å². The van der Waals surface area contributed by atoms with Crippen molar-refractivity contribution in [1.82, 2.24) is 0 Å². The van der Waals surface area contributed by atoms with E-state index in [1.807, 2.05) is 12.1 Å². The molecule has 0 spiro atoms. The fraction of sp³-hybridized carbons (Fsp3) is 0.562. The van der Waals surface area contributed by atoms with Gasteiger partial charge in [-0.25, -0.2) is 4.79 Å². The van der Waals surface area contributed by atoms with E-state index in [2.05, 4.69) is 13.8 Å². The Kier molecular flexibility index (Phi) is 2.69. The van der Waals surface area contributed by atoms with Gasteiger partial charge in [-0.15, -0.1) is 0 Å². The molecular weight excluding hydrogens is 224 g/mol. The highest BCUT2D eigenvalue weighted by Crippen LogP contribution is 2.58. The summed E-state index contributed by atoms with van der Waals surface area (Å²) >= 11 is 0. The van der Waals surface area contributed by atoms with Gasteiger partial charge in [0.2, 0.25) is 0 Å². The summed E-state index contributed by atoms with van der Waals surface area (Å²) in [5.41, 5.74) is 1.73. The molecule has 1 N–H and O–H groups in total. The number of fused-ring (bicyclic) bond motifs is 2. The van der Waals surface area contributed by atoms with Crippen LogP contribution in [0.15, 0.2) is 24.3 Å². The molecule has 18 heavy (non-hydrogen) atoms. The van der Waals surface area contributed by atoms with Crippen LogP contribution in [-0.2, 0) is 0 Å². The molecule has 2 aliphatic rings. The van der Waals surface area contributed by atoms with Gasteiger partial charge in [-0.3, -0.25) is 0 Å². The van der Waals surface area contributed by atoms with Crippen LogP contribution in [-0.4, -0.2) is 11.1 Å². The summed E-state index contributed by atoms with van der Waals surface area (Å²) in [4.78, 5) is 10.9. The lowest BCUT2D eigenvalue weighted by Crippen LogP contribution is -2.23. The van der Waals surface area contributed by atoms with Crippen LogP contribution in [0.3, 0.4) is 0 Å². The third-order valence-corrected chi connectivity index (χ3v) is 5.48. The minimum absolute atomic E-state index is 0.392. The van der Waals surface area contributed by atoms with Gasteiger partial charge in [0.15, 0.2) is 0 Å². The second-order valence-corrected chi connectivity index (χ2v) is 6.15. The second kappa shape index (κ2) is 4.11. The molecule has 0 amide bonds. The Morgan fingerprint density at radius 1 is 1.11 bits per heavy atom. The zero-order valence-corrected chi connectivity index (χ0v) is 11.0. The van der Waals surface area contributed by atoms with E-state index in [0.717, 1.165) is 23.7 Å². The zero-order chi connectivity index (χ0) is 12.9. The second-order valence-electron chi connectivity index (χ2n) is 6.15. The van der Waals surface area contributed by atoms with Crippen LogP contribution in [0.2, 0.25) is 0 Å². The molecule has 5 atom stereocenters. The zero-order valence-electron chi connectivity index (χ0n) is 11.0. The first-order chi connectivity index (χ1) is 8.58. The lowest BCUT2D eigenvalue weighted by atomic mass is 9.73. The number of carboxylic acids is 1. The van der Waals surface area contributed by atoms with Crippen molar-refractivity contribution in [2.45, 2.75) is 32.6 Å². The van der Waals surface area contributed by atoms with Crippen molar-refractivity contribution in [3.05, 3.63) is 35.4 Å². The van der Waals surface area contributed by atoms with Crippen molar-refractivity contribution in [3.63, 3.8) is 0 Å². The summed E-state index contributed by atoms with van der Waals surface area (Å²) in [6.45, 7) is 4.77. The number of carboxylic acid groups (broad SMARTS) is 1. The van der Waals surface area contributed by atoms with Crippen molar-refractivity contribution in [3.8, 4) is 0 Å². The SMILES string of the molecule is CC1C2CC(c3ccc(C(=O)O)cc3)C(C2)C1C. The molecule has 2 bridgehead atoms. The van der Waals surface area contributed by atoms with Gasteiger partial charge in [-0.1, -0.05) is 26.0 Å². The Labute approximate surface area is 108 Å². The van der Waals surface area contributed by atoms with E-state index in [-0.39, 0.29) is 0 Å². The van der Waals surface area contributed by atoms with Crippen LogP contribution in [0.1, 0.15) is 48.5 Å². The Hall–Kier alpha value is -1.31. The molecule has 2 aliphatic carbocycles. The summed E-state index contributed by atoms with van der Waals surface area (Å²) in [6, 6.07) is 7.54. The highest BCUT2D eigenvalue weighted by Gasteiger charge is 2.48. The molecule has 1 aromatic rings. The number of hydrogen-bond acceptors (Lipinski definition) is 1. The average Bonchev–Trinajstić information content (AvgIpc) is 2.91. The van der Waals surface area contributed by atoms with E-state index < -0.39 is 5.97 Å². The fourth-order valence-electron chi connectivity index (χ4n) is 4.20. The van der Waals surface area contributed by atoms with Gasteiger partial charge in [0.05, 0.1) is 5.56 Å². The number of hydrogen-bond donors (Lipinski definition) is 1. The van der Waals surface area contributed by atoms with Crippen LogP contribution in [0, 0.1) is 23.7 Å². The topological polar surface area (TPSA) is 37.3 Å². The smallest absolute Gasteiger partial charge is 0.335 e. The monoisotopic (exact) mass is 244 g/mol. The van der Waals surface area contributed by atoms with Gasteiger partial charge in [-0.2, -0.15) is 0 Å². The van der Waals surface area contributed by atoms with E-state index in [1.54, 1.807) is 12.1 Å². The third kappa shape index (κ3) is 1.66. The van der Waals surface area contributed by atoms with E-state index in [9.17, 15) is 4.79 Å². The van der Waals surface area contributed by atoms with Gasteiger partial charge < -0.3 is 5.11 Å². The van der Waals surface area contributed by atoms with E-state index >= 15 is 0 Å². The summed E-state index contributed by atoms with van der Waals surface area (Å²) in [7, 11) is 0. The first-order valence-electron chi connectivity index (χ1n) is 6.91. The summed E-state index contributed by atoms with van der Waals surface area (Å²) in [6.07, 6.45) is 2.66. The predicted octanol–water partition coefficient (Wildman–Crippen LogP) is 3.78. The largest absolute Gasteiger partial charge is 0.478 e. The molecule has 0 aliphatic heterocycles. The molecule has 3 rings (SSSR count). The van der Waals surface area contributed by atoms with Crippen LogP contribution in [0.5, 0.6) is 0 Å². The van der Waals surface area contributed by atoms with Gasteiger partial charge in [0, 0.05) is 0 Å². The maximum absolute atomic E-state index is 10.9. The van der Waals surface area contributed by atoms with Gasteiger partial charge >= 0.3 is 5.97 Å². The van der Waals surface area contributed by atoms with Crippen molar-refractivity contribution in [2.24, 2.45) is 23.7 Å². The Balaban J connectivity index is 1.83. The highest BCUT2D eigenvalue weighted by atomic mass is 16.4. The number of carbonyl (C=O) groups is 1. The molecule has 5 unspecified atom stereocenters. The molecule has 1 aromatic carbocycles. The Morgan fingerprint density at radius 3 is 2.28 bits per heavy atom. The third-order valence-electron chi connectivity index (χ3n) is 5.48. The summed E-state index contributed by atoms with van der Waals surface area (Å²) < 4.78 is 0. The molecular formula is C16H20O2. The molecule has 2 fully saturated rings. The number of aromatic carboxylic acids is 1. The highest BCUT2D eigenvalue weighted by molar-refractivity contribution is 5.87. The maximum atomic E-state index is 10.9. The van der Waals surface area contributed by atoms with E-state index in [4.69, 9.17) is 5.11 Å². The van der Waals surface area contributed by atoms with Crippen LogP contribution >= 0.6 is 0 Å². The number of rotatable bonds is 2.